The van der Waals surface area contributed by atoms with Gasteiger partial charge in [0.05, 0.1) is 13.7 Å². The molecule has 1 saturated heterocycles. The highest BCUT2D eigenvalue weighted by Crippen LogP contribution is 2.22. The van der Waals surface area contributed by atoms with Gasteiger partial charge in [-0.1, -0.05) is 25.1 Å². The molecule has 1 aliphatic heterocycles. The summed E-state index contributed by atoms with van der Waals surface area (Å²) >= 11 is 0. The largest absolute Gasteiger partial charge is 0.497 e. The average molecular weight is 420 g/mol. The number of hydrogen-bond donors (Lipinski definition) is 2. The fraction of sp³-hybridized carbons (Fsp3) is 0.348. The highest BCUT2D eigenvalue weighted by molar-refractivity contribution is 5.54. The standard InChI is InChI=1S/C23H29N7O/c1-3-17-7-9-18(10-8-17)25-23-27-21(26-22(24)28-23)16-29-11-13-30(14-12-29)19-5-4-6-20(15-19)31-2/h4-10,15H,3,11-14,16H2,1-2H3,(H3,24,25,26,27,28). The van der Waals surface area contributed by atoms with Crippen LogP contribution in [0.5, 0.6) is 5.75 Å². The van der Waals surface area contributed by atoms with E-state index in [9.17, 15) is 0 Å². The lowest BCUT2D eigenvalue weighted by molar-refractivity contribution is 0.244. The average Bonchev–Trinajstić information content (AvgIpc) is 2.80. The fourth-order valence-corrected chi connectivity index (χ4v) is 3.69. The molecular formula is C23H29N7O. The minimum atomic E-state index is 0.229. The van der Waals surface area contributed by atoms with E-state index in [1.165, 1.54) is 11.3 Å². The Morgan fingerprint density at radius 3 is 2.48 bits per heavy atom. The van der Waals surface area contributed by atoms with E-state index in [1.54, 1.807) is 7.11 Å². The highest BCUT2D eigenvalue weighted by atomic mass is 16.5. The number of hydrogen-bond acceptors (Lipinski definition) is 8. The summed E-state index contributed by atoms with van der Waals surface area (Å²) in [5, 5.41) is 3.23. The van der Waals surface area contributed by atoms with E-state index in [0.717, 1.165) is 44.0 Å². The molecule has 31 heavy (non-hydrogen) atoms. The molecule has 0 spiro atoms. The van der Waals surface area contributed by atoms with E-state index in [4.69, 9.17) is 10.5 Å². The predicted octanol–water partition coefficient (Wildman–Crippen LogP) is 3.09. The number of nitrogen functional groups attached to an aromatic ring is 1. The first kappa shape index (κ1) is 20.9. The Hall–Kier alpha value is -3.39. The van der Waals surface area contributed by atoms with Crippen LogP contribution in [0.25, 0.3) is 0 Å². The van der Waals surface area contributed by atoms with Crippen molar-refractivity contribution in [1.29, 1.82) is 0 Å². The van der Waals surface area contributed by atoms with Crippen LogP contribution in [0.15, 0.2) is 48.5 Å². The molecule has 1 fully saturated rings. The van der Waals surface area contributed by atoms with Gasteiger partial charge < -0.3 is 20.7 Å². The zero-order valence-electron chi connectivity index (χ0n) is 18.1. The van der Waals surface area contributed by atoms with Crippen molar-refractivity contribution in [3.63, 3.8) is 0 Å². The molecule has 3 aromatic rings. The molecule has 1 aliphatic rings. The second-order valence-electron chi connectivity index (χ2n) is 7.57. The van der Waals surface area contributed by atoms with Crippen molar-refractivity contribution in [3.8, 4) is 5.75 Å². The van der Waals surface area contributed by atoms with E-state index in [2.05, 4.69) is 61.3 Å². The van der Waals surface area contributed by atoms with Crippen LogP contribution in [0.2, 0.25) is 0 Å². The van der Waals surface area contributed by atoms with Gasteiger partial charge >= 0.3 is 0 Å². The van der Waals surface area contributed by atoms with Crippen LogP contribution in [0.1, 0.15) is 18.3 Å². The third-order valence-electron chi connectivity index (χ3n) is 5.47. The second kappa shape index (κ2) is 9.61. The number of methoxy groups -OCH3 is 1. The van der Waals surface area contributed by atoms with Gasteiger partial charge in [-0.2, -0.15) is 15.0 Å². The number of nitrogens with two attached hydrogens (primary N) is 1. The number of nitrogens with one attached hydrogen (secondary N) is 1. The maximum Gasteiger partial charge on any atom is 0.232 e. The number of aromatic nitrogens is 3. The van der Waals surface area contributed by atoms with Crippen LogP contribution in [-0.2, 0) is 13.0 Å². The molecule has 0 atom stereocenters. The Labute approximate surface area is 183 Å². The fourth-order valence-electron chi connectivity index (χ4n) is 3.69. The van der Waals surface area contributed by atoms with Crippen molar-refractivity contribution in [3.05, 3.63) is 59.9 Å². The zero-order valence-corrected chi connectivity index (χ0v) is 18.1. The van der Waals surface area contributed by atoms with E-state index in [1.807, 2.05) is 24.3 Å². The predicted molar refractivity (Wildman–Crippen MR) is 124 cm³/mol. The molecule has 162 valence electrons. The van der Waals surface area contributed by atoms with Crippen LogP contribution in [0, 0.1) is 0 Å². The molecule has 0 radical (unpaired) electrons. The lowest BCUT2D eigenvalue weighted by Crippen LogP contribution is -2.46. The van der Waals surface area contributed by atoms with E-state index in [0.29, 0.717) is 18.3 Å². The summed E-state index contributed by atoms with van der Waals surface area (Å²) in [6.45, 7) is 6.49. The van der Waals surface area contributed by atoms with Gasteiger partial charge in [-0.25, -0.2) is 0 Å². The van der Waals surface area contributed by atoms with Crippen LogP contribution >= 0.6 is 0 Å². The van der Waals surface area contributed by atoms with Gasteiger partial charge in [-0.05, 0) is 36.2 Å². The first-order valence-electron chi connectivity index (χ1n) is 10.6. The van der Waals surface area contributed by atoms with E-state index in [-0.39, 0.29) is 5.95 Å². The molecule has 0 saturated carbocycles. The van der Waals surface area contributed by atoms with Crippen molar-refractivity contribution < 1.29 is 4.74 Å². The third kappa shape index (κ3) is 5.40. The molecule has 0 aliphatic carbocycles. The lowest BCUT2D eigenvalue weighted by Gasteiger charge is -2.35. The van der Waals surface area contributed by atoms with Gasteiger partial charge in [0.15, 0.2) is 0 Å². The maximum atomic E-state index is 5.95. The number of benzene rings is 2. The number of anilines is 4. The number of aryl methyl sites for hydroxylation is 1. The molecule has 8 heteroatoms. The van der Waals surface area contributed by atoms with Crippen molar-refractivity contribution in [1.82, 2.24) is 19.9 Å². The Morgan fingerprint density at radius 1 is 1.00 bits per heavy atom. The normalized spacial score (nSPS) is 14.5. The van der Waals surface area contributed by atoms with Crippen molar-refractivity contribution >= 4 is 23.3 Å². The molecule has 2 heterocycles. The smallest absolute Gasteiger partial charge is 0.232 e. The van der Waals surface area contributed by atoms with Crippen LogP contribution < -0.4 is 20.7 Å². The molecule has 4 rings (SSSR count). The zero-order chi connectivity index (χ0) is 21.6. The molecule has 1 aromatic heterocycles. The molecule has 8 nitrogen and oxygen atoms in total. The summed E-state index contributed by atoms with van der Waals surface area (Å²) in [7, 11) is 1.70. The van der Waals surface area contributed by atoms with Crippen LogP contribution in [0.3, 0.4) is 0 Å². The van der Waals surface area contributed by atoms with Gasteiger partial charge in [0, 0.05) is 43.6 Å². The maximum absolute atomic E-state index is 5.95. The van der Waals surface area contributed by atoms with Crippen LogP contribution in [0.4, 0.5) is 23.3 Å². The summed E-state index contributed by atoms with van der Waals surface area (Å²) in [5.41, 5.74) is 9.35. The quantitative estimate of drug-likeness (QED) is 0.604. The summed E-state index contributed by atoms with van der Waals surface area (Å²) in [4.78, 5) is 17.9. The molecular weight excluding hydrogens is 390 g/mol. The Balaban J connectivity index is 1.37. The monoisotopic (exact) mass is 419 g/mol. The highest BCUT2D eigenvalue weighted by Gasteiger charge is 2.19. The SMILES string of the molecule is CCc1ccc(Nc2nc(N)nc(CN3CCN(c4cccc(OC)c4)CC3)n2)cc1. The van der Waals surface area contributed by atoms with E-state index < -0.39 is 0 Å². The van der Waals surface area contributed by atoms with Crippen molar-refractivity contribution in [2.45, 2.75) is 19.9 Å². The first-order valence-corrected chi connectivity index (χ1v) is 10.6. The topological polar surface area (TPSA) is 92.4 Å². The van der Waals surface area contributed by atoms with Gasteiger partial charge in [-0.15, -0.1) is 0 Å². The molecule has 0 bridgehead atoms. The first-order chi connectivity index (χ1) is 15.1. The Morgan fingerprint density at radius 2 is 1.77 bits per heavy atom. The Bertz CT molecular complexity index is 1000. The van der Waals surface area contributed by atoms with Gasteiger partial charge in [-0.3, -0.25) is 4.90 Å². The number of ether oxygens (including phenoxy) is 1. The molecule has 2 aromatic carbocycles. The van der Waals surface area contributed by atoms with E-state index >= 15 is 0 Å². The van der Waals surface area contributed by atoms with Gasteiger partial charge in [0.1, 0.15) is 11.6 Å². The molecule has 0 amide bonds. The number of rotatable bonds is 7. The third-order valence-corrected chi connectivity index (χ3v) is 5.47. The van der Waals surface area contributed by atoms with Crippen LogP contribution in [-0.4, -0.2) is 53.1 Å². The lowest BCUT2D eigenvalue weighted by atomic mass is 10.1. The second-order valence-corrected chi connectivity index (χ2v) is 7.57. The minimum absolute atomic E-state index is 0.229. The summed E-state index contributed by atoms with van der Waals surface area (Å²) in [6.07, 6.45) is 1.01. The van der Waals surface area contributed by atoms with Crippen molar-refractivity contribution in [2.75, 3.05) is 49.2 Å². The molecule has 0 unspecified atom stereocenters. The van der Waals surface area contributed by atoms with Crippen molar-refractivity contribution in [2.24, 2.45) is 0 Å². The molecule has 3 N–H and O–H groups in total. The Kier molecular flexibility index (Phi) is 6.47. The summed E-state index contributed by atoms with van der Waals surface area (Å²) in [5.74, 6) is 2.26. The number of piperazine rings is 1. The number of nitrogens with zero attached hydrogens (tertiary/aromatic N) is 5. The summed E-state index contributed by atoms with van der Waals surface area (Å²) in [6, 6.07) is 16.4. The minimum Gasteiger partial charge on any atom is -0.497 e. The van der Waals surface area contributed by atoms with Gasteiger partial charge in [0.25, 0.3) is 0 Å². The van der Waals surface area contributed by atoms with Gasteiger partial charge in [0.2, 0.25) is 11.9 Å². The summed E-state index contributed by atoms with van der Waals surface area (Å²) < 4.78 is 5.34.